The number of carbonyl (C=O) groups excluding carboxylic acids is 1. The van der Waals surface area contributed by atoms with Crippen LogP contribution in [-0.2, 0) is 29.2 Å². The minimum absolute atomic E-state index is 0.142. The molecule has 0 radical (unpaired) electrons. The van der Waals surface area contributed by atoms with Crippen LogP contribution in [0.25, 0.3) is 11.0 Å². The number of carbonyl (C=O) groups is 1. The second kappa shape index (κ2) is 7.43. The number of rotatable bonds is 7. The molecule has 0 spiro atoms. The standard InChI is InChI=1S/C17H21N5O3/c1-11(2)17-19-12-6-4-5-7-13(12)22(17)9-15(23)18-8-16-20-14(10-24-3)21-25-16/h4-7,11H,8-10H2,1-3H3,(H,18,23). The molecule has 0 aliphatic heterocycles. The summed E-state index contributed by atoms with van der Waals surface area (Å²) in [6.07, 6.45) is 0. The Morgan fingerprint density at radius 2 is 2.12 bits per heavy atom. The number of para-hydroxylation sites is 2. The van der Waals surface area contributed by atoms with Crippen molar-refractivity contribution < 1.29 is 14.1 Å². The molecule has 1 N–H and O–H groups in total. The third-order valence-electron chi connectivity index (χ3n) is 3.72. The Balaban J connectivity index is 1.70. The van der Waals surface area contributed by atoms with E-state index in [2.05, 4.69) is 34.3 Å². The van der Waals surface area contributed by atoms with E-state index in [1.165, 1.54) is 0 Å². The van der Waals surface area contributed by atoms with E-state index in [1.54, 1.807) is 7.11 Å². The number of hydrogen-bond donors (Lipinski definition) is 1. The van der Waals surface area contributed by atoms with Gasteiger partial charge in [-0.1, -0.05) is 31.1 Å². The summed E-state index contributed by atoms with van der Waals surface area (Å²) in [4.78, 5) is 21.1. The zero-order valence-electron chi connectivity index (χ0n) is 14.5. The van der Waals surface area contributed by atoms with Gasteiger partial charge in [0, 0.05) is 13.0 Å². The highest BCUT2D eigenvalue weighted by Crippen LogP contribution is 2.21. The van der Waals surface area contributed by atoms with E-state index in [1.807, 2.05) is 28.8 Å². The van der Waals surface area contributed by atoms with Crippen LogP contribution in [-0.4, -0.2) is 32.7 Å². The van der Waals surface area contributed by atoms with E-state index in [9.17, 15) is 4.79 Å². The average molecular weight is 343 g/mol. The Kier molecular flexibility index (Phi) is 5.08. The van der Waals surface area contributed by atoms with E-state index in [0.717, 1.165) is 16.9 Å². The van der Waals surface area contributed by atoms with Gasteiger partial charge in [0.05, 0.1) is 17.6 Å². The summed E-state index contributed by atoms with van der Waals surface area (Å²) in [6.45, 7) is 4.76. The fourth-order valence-corrected chi connectivity index (χ4v) is 2.62. The van der Waals surface area contributed by atoms with Crippen molar-refractivity contribution in [2.75, 3.05) is 7.11 Å². The highest BCUT2D eigenvalue weighted by molar-refractivity contribution is 5.81. The number of aromatic nitrogens is 4. The van der Waals surface area contributed by atoms with Crippen LogP contribution in [0.2, 0.25) is 0 Å². The number of nitrogens with one attached hydrogen (secondary N) is 1. The first-order valence-electron chi connectivity index (χ1n) is 8.10. The van der Waals surface area contributed by atoms with Gasteiger partial charge in [0.2, 0.25) is 11.8 Å². The lowest BCUT2D eigenvalue weighted by Crippen LogP contribution is -2.28. The zero-order chi connectivity index (χ0) is 17.8. The summed E-state index contributed by atoms with van der Waals surface area (Å²) < 4.78 is 11.9. The van der Waals surface area contributed by atoms with Crippen molar-refractivity contribution >= 4 is 16.9 Å². The van der Waals surface area contributed by atoms with Crippen LogP contribution in [0.3, 0.4) is 0 Å². The van der Waals surface area contributed by atoms with Crippen molar-refractivity contribution in [1.29, 1.82) is 0 Å². The minimum Gasteiger partial charge on any atom is -0.377 e. The Labute approximate surface area is 145 Å². The highest BCUT2D eigenvalue weighted by atomic mass is 16.5. The average Bonchev–Trinajstić information content (AvgIpc) is 3.18. The summed E-state index contributed by atoms with van der Waals surface area (Å²) in [6, 6.07) is 7.80. The molecule has 8 heteroatoms. The fourth-order valence-electron chi connectivity index (χ4n) is 2.62. The lowest BCUT2D eigenvalue weighted by atomic mass is 10.2. The number of hydrogen-bond acceptors (Lipinski definition) is 6. The van der Waals surface area contributed by atoms with Gasteiger partial charge in [0.25, 0.3) is 0 Å². The summed E-state index contributed by atoms with van der Waals surface area (Å²) >= 11 is 0. The molecule has 0 bridgehead atoms. The minimum atomic E-state index is -0.142. The van der Waals surface area contributed by atoms with E-state index >= 15 is 0 Å². The number of imidazole rings is 1. The van der Waals surface area contributed by atoms with Gasteiger partial charge in [0.1, 0.15) is 19.0 Å². The first kappa shape index (κ1) is 17.1. The smallest absolute Gasteiger partial charge is 0.246 e. The number of ether oxygens (including phenoxy) is 1. The zero-order valence-corrected chi connectivity index (χ0v) is 14.5. The highest BCUT2D eigenvalue weighted by Gasteiger charge is 2.16. The quantitative estimate of drug-likeness (QED) is 0.705. The molecule has 3 rings (SSSR count). The molecule has 2 aromatic heterocycles. The molecular weight excluding hydrogens is 322 g/mol. The summed E-state index contributed by atoms with van der Waals surface area (Å²) in [5.41, 5.74) is 1.83. The van der Waals surface area contributed by atoms with Crippen LogP contribution in [0, 0.1) is 0 Å². The number of methoxy groups -OCH3 is 1. The lowest BCUT2D eigenvalue weighted by Gasteiger charge is -2.11. The predicted octanol–water partition coefficient (Wildman–Crippen LogP) is 2.01. The molecule has 1 aromatic carbocycles. The van der Waals surface area contributed by atoms with E-state index < -0.39 is 0 Å². The third-order valence-corrected chi connectivity index (χ3v) is 3.72. The maximum Gasteiger partial charge on any atom is 0.246 e. The van der Waals surface area contributed by atoms with Crippen molar-refractivity contribution in [3.8, 4) is 0 Å². The first-order chi connectivity index (χ1) is 12.1. The monoisotopic (exact) mass is 343 g/mol. The number of nitrogens with zero attached hydrogens (tertiary/aromatic N) is 4. The SMILES string of the molecule is COCc1noc(CNC(=O)Cn2c(C(C)C)nc3ccccc32)n1. The van der Waals surface area contributed by atoms with Crippen molar-refractivity contribution in [1.82, 2.24) is 25.0 Å². The molecule has 0 aliphatic carbocycles. The van der Waals surface area contributed by atoms with Gasteiger partial charge in [-0.3, -0.25) is 4.79 Å². The number of benzene rings is 1. The molecule has 0 atom stereocenters. The van der Waals surface area contributed by atoms with Gasteiger partial charge in [-0.2, -0.15) is 4.98 Å². The second-order valence-electron chi connectivity index (χ2n) is 6.01. The largest absolute Gasteiger partial charge is 0.377 e. The second-order valence-corrected chi connectivity index (χ2v) is 6.01. The molecule has 2 heterocycles. The van der Waals surface area contributed by atoms with Gasteiger partial charge in [0.15, 0.2) is 5.82 Å². The topological polar surface area (TPSA) is 95.1 Å². The van der Waals surface area contributed by atoms with Gasteiger partial charge in [-0.15, -0.1) is 0 Å². The van der Waals surface area contributed by atoms with Crippen molar-refractivity contribution in [2.24, 2.45) is 0 Å². The Bertz CT molecular complexity index is 868. The van der Waals surface area contributed by atoms with Gasteiger partial charge in [-0.25, -0.2) is 4.98 Å². The van der Waals surface area contributed by atoms with Crippen LogP contribution in [0.15, 0.2) is 28.8 Å². The molecule has 0 aliphatic rings. The molecule has 8 nitrogen and oxygen atoms in total. The predicted molar refractivity (Wildman–Crippen MR) is 90.7 cm³/mol. The molecule has 0 saturated heterocycles. The Hall–Kier alpha value is -2.74. The van der Waals surface area contributed by atoms with Crippen LogP contribution in [0.1, 0.15) is 37.3 Å². The molecule has 3 aromatic rings. The number of fused-ring (bicyclic) bond motifs is 1. The van der Waals surface area contributed by atoms with Gasteiger partial charge >= 0.3 is 0 Å². The van der Waals surface area contributed by atoms with Gasteiger partial charge in [-0.05, 0) is 12.1 Å². The van der Waals surface area contributed by atoms with Crippen LogP contribution < -0.4 is 5.32 Å². The van der Waals surface area contributed by atoms with Crippen molar-refractivity contribution in [3.63, 3.8) is 0 Å². The molecule has 1 amide bonds. The summed E-state index contributed by atoms with van der Waals surface area (Å²) in [5.74, 6) is 1.76. The number of amides is 1. The van der Waals surface area contributed by atoms with Crippen molar-refractivity contribution in [2.45, 2.75) is 39.5 Å². The molecule has 0 saturated carbocycles. The van der Waals surface area contributed by atoms with E-state index in [0.29, 0.717) is 11.7 Å². The molecule has 0 unspecified atom stereocenters. The molecule has 25 heavy (non-hydrogen) atoms. The third kappa shape index (κ3) is 3.85. The summed E-state index contributed by atoms with van der Waals surface area (Å²) in [7, 11) is 1.56. The van der Waals surface area contributed by atoms with Crippen LogP contribution in [0.4, 0.5) is 0 Å². The van der Waals surface area contributed by atoms with E-state index in [-0.39, 0.29) is 31.5 Å². The summed E-state index contributed by atoms with van der Waals surface area (Å²) in [5, 5.41) is 6.56. The molecular formula is C17H21N5O3. The van der Waals surface area contributed by atoms with E-state index in [4.69, 9.17) is 9.26 Å². The van der Waals surface area contributed by atoms with Crippen molar-refractivity contribution in [3.05, 3.63) is 41.8 Å². The lowest BCUT2D eigenvalue weighted by molar-refractivity contribution is -0.121. The fraction of sp³-hybridized carbons (Fsp3) is 0.412. The van der Waals surface area contributed by atoms with Gasteiger partial charge < -0.3 is 19.1 Å². The molecule has 132 valence electrons. The Morgan fingerprint density at radius 1 is 1.32 bits per heavy atom. The van der Waals surface area contributed by atoms with Crippen LogP contribution >= 0.6 is 0 Å². The van der Waals surface area contributed by atoms with Crippen LogP contribution in [0.5, 0.6) is 0 Å². The first-order valence-corrected chi connectivity index (χ1v) is 8.10. The maximum absolute atomic E-state index is 12.4. The Morgan fingerprint density at radius 3 is 2.88 bits per heavy atom. The normalized spacial score (nSPS) is 11.4. The maximum atomic E-state index is 12.4. The molecule has 0 fully saturated rings.